The number of hydrogen-bond donors (Lipinski definition) is 4. The van der Waals surface area contributed by atoms with Gasteiger partial charge in [0.05, 0.1) is 0 Å². The van der Waals surface area contributed by atoms with E-state index in [-0.39, 0.29) is 5.91 Å². The minimum Gasteiger partial charge on any atom is -0.454 e. The molecule has 10 heteroatoms. The normalized spacial score (nSPS) is 11.0. The van der Waals surface area contributed by atoms with Crippen LogP contribution in [0.15, 0.2) is 24.3 Å². The van der Waals surface area contributed by atoms with Crippen LogP contribution in [0.1, 0.15) is 47.5 Å². The maximum absolute atomic E-state index is 10.1. The molecular formula is C18H33N3O6S. The molecular weight excluding hydrogens is 386 g/mol. The summed E-state index contributed by atoms with van der Waals surface area (Å²) >= 11 is 3.07. The Morgan fingerprint density at radius 3 is 1.79 bits per heavy atom. The van der Waals surface area contributed by atoms with Gasteiger partial charge in [-0.1, -0.05) is 26.0 Å². The van der Waals surface area contributed by atoms with Crippen molar-refractivity contribution >= 4 is 24.9 Å². The minimum atomic E-state index is -0.725. The fraction of sp³-hybridized carbons (Fsp3) is 0.556. The van der Waals surface area contributed by atoms with Gasteiger partial charge in [-0.2, -0.15) is 0 Å². The molecule has 0 radical (unpaired) electrons. The quantitative estimate of drug-likeness (QED) is 0.334. The molecule has 0 saturated heterocycles. The molecule has 28 heavy (non-hydrogen) atoms. The Hall–Kier alpha value is -2.17. The van der Waals surface area contributed by atoms with Crippen LogP contribution in [0.25, 0.3) is 0 Å². The number of rotatable bonds is 3. The van der Waals surface area contributed by atoms with E-state index in [9.17, 15) is 9.59 Å². The summed E-state index contributed by atoms with van der Waals surface area (Å²) in [6.07, 6.45) is 0.713. The second-order valence-electron chi connectivity index (χ2n) is 6.89. The number of carbonyl (C=O) groups is 2. The Kier molecular flexibility index (Phi) is 15.9. The van der Waals surface area contributed by atoms with E-state index in [0.717, 1.165) is 17.9 Å². The van der Waals surface area contributed by atoms with Crippen molar-refractivity contribution in [3.05, 3.63) is 24.3 Å². The lowest BCUT2D eigenvalue weighted by molar-refractivity contribution is -0.118. The van der Waals surface area contributed by atoms with Crippen molar-refractivity contribution in [1.29, 1.82) is 0 Å². The number of hydrogen-bond acceptors (Lipinski definition) is 8. The van der Waals surface area contributed by atoms with E-state index in [2.05, 4.69) is 41.7 Å². The molecule has 2 rings (SSSR count). The Morgan fingerprint density at radius 2 is 1.57 bits per heavy atom. The summed E-state index contributed by atoms with van der Waals surface area (Å²) in [5, 5.41) is 0. The number of carbonyl (C=O) groups excluding carboxylic acids is 2. The molecule has 1 heterocycles. The van der Waals surface area contributed by atoms with Crippen LogP contribution in [0, 0.1) is 5.92 Å². The summed E-state index contributed by atoms with van der Waals surface area (Å²) in [6, 6.07) is 7.63. The highest BCUT2D eigenvalue weighted by molar-refractivity contribution is 7.75. The largest absolute Gasteiger partial charge is 0.454 e. The summed E-state index contributed by atoms with van der Waals surface area (Å²) < 4.78 is 18.2. The average Bonchev–Trinajstić information content (AvgIpc) is 3.01. The molecule has 1 aromatic carbocycles. The van der Waals surface area contributed by atoms with Gasteiger partial charge in [0.1, 0.15) is 5.60 Å². The fourth-order valence-electron chi connectivity index (χ4n) is 1.58. The lowest BCUT2D eigenvalue weighted by Crippen LogP contribution is -2.27. The van der Waals surface area contributed by atoms with Crippen LogP contribution < -0.4 is 26.8 Å². The van der Waals surface area contributed by atoms with E-state index in [0.29, 0.717) is 19.1 Å². The predicted octanol–water partition coefficient (Wildman–Crippen LogP) is 2.92. The minimum absolute atomic E-state index is 0.196. The first kappa shape index (κ1) is 28.0. The number of fused-ring (bicyclic) bond motifs is 1. The van der Waals surface area contributed by atoms with E-state index in [1.165, 1.54) is 0 Å². The van der Waals surface area contributed by atoms with Gasteiger partial charge in [0.15, 0.2) is 11.5 Å². The molecule has 0 unspecified atom stereocenters. The first-order chi connectivity index (χ1) is 12.9. The molecule has 0 aliphatic carbocycles. The first-order valence-electron chi connectivity index (χ1n) is 8.54. The lowest BCUT2D eigenvalue weighted by Gasteiger charge is -2.16. The topological polar surface area (TPSA) is 149 Å². The van der Waals surface area contributed by atoms with Crippen LogP contribution in [-0.4, -0.2) is 24.4 Å². The summed E-state index contributed by atoms with van der Waals surface area (Å²) in [5.41, 5.74) is 9.17. The van der Waals surface area contributed by atoms with Crippen LogP contribution in [0.3, 0.4) is 0 Å². The standard InChI is InChI=1S/C7H6O2.C6H13NO.C5H11NO2.H3NOS/c1-2-4-7-6(3-1)8-5-9-7;1-5(2)3-4-6(7)8;1-5(2,3)8-4(6)7;1-2-3/h1-4H,5H2;5H,3-4H2,1-2H3,(H2,7,8);1-3H3,(H2,6,7);3H,1H2. The highest BCUT2D eigenvalue weighted by Crippen LogP contribution is 2.30. The Balaban J connectivity index is 0. The Labute approximate surface area is 172 Å². The molecule has 0 bridgehead atoms. The molecule has 1 aliphatic rings. The molecule has 0 saturated carbocycles. The van der Waals surface area contributed by atoms with Gasteiger partial charge in [-0.3, -0.25) is 4.79 Å². The third kappa shape index (κ3) is 20.1. The monoisotopic (exact) mass is 419 g/mol. The molecule has 6 N–H and O–H groups in total. The Bertz CT molecular complexity index is 541. The van der Waals surface area contributed by atoms with Gasteiger partial charge in [0, 0.05) is 6.42 Å². The van der Waals surface area contributed by atoms with Crippen LogP contribution in [-0.2, 0) is 13.8 Å². The van der Waals surface area contributed by atoms with E-state index in [4.69, 9.17) is 20.9 Å². The highest BCUT2D eigenvalue weighted by Gasteiger charge is 2.12. The molecule has 1 aromatic rings. The van der Waals surface area contributed by atoms with Crippen LogP contribution in [0.2, 0.25) is 0 Å². The number of benzene rings is 1. The zero-order chi connectivity index (χ0) is 22.2. The van der Waals surface area contributed by atoms with Gasteiger partial charge in [0.25, 0.3) is 0 Å². The summed E-state index contributed by atoms with van der Waals surface area (Å²) in [7, 11) is 0. The second-order valence-corrected chi connectivity index (χ2v) is 7.10. The van der Waals surface area contributed by atoms with Crippen molar-refractivity contribution < 1.29 is 28.1 Å². The predicted molar refractivity (Wildman–Crippen MR) is 111 cm³/mol. The molecule has 2 amide bonds. The van der Waals surface area contributed by atoms with Crippen molar-refractivity contribution in [2.45, 2.75) is 53.1 Å². The molecule has 9 nitrogen and oxygen atoms in total. The Morgan fingerprint density at radius 1 is 1.14 bits per heavy atom. The van der Waals surface area contributed by atoms with Gasteiger partial charge in [0.2, 0.25) is 12.7 Å². The average molecular weight is 420 g/mol. The van der Waals surface area contributed by atoms with E-state index >= 15 is 0 Å². The number of primary amides is 2. The smallest absolute Gasteiger partial charge is 0.405 e. The number of thiol groups is 1. The molecule has 162 valence electrons. The number of amides is 2. The molecule has 0 atom stereocenters. The second kappa shape index (κ2) is 15.8. The molecule has 0 fully saturated rings. The van der Waals surface area contributed by atoms with Gasteiger partial charge in [-0.25, -0.2) is 15.0 Å². The maximum atomic E-state index is 10.1. The van der Waals surface area contributed by atoms with Crippen LogP contribution in [0.4, 0.5) is 4.79 Å². The van der Waals surface area contributed by atoms with Crippen molar-refractivity contribution in [2.24, 2.45) is 23.3 Å². The van der Waals surface area contributed by atoms with E-state index in [1.807, 2.05) is 24.3 Å². The highest BCUT2D eigenvalue weighted by atomic mass is 32.1. The zero-order valence-electron chi connectivity index (χ0n) is 17.1. The lowest BCUT2D eigenvalue weighted by atomic mass is 10.1. The van der Waals surface area contributed by atoms with E-state index < -0.39 is 11.7 Å². The van der Waals surface area contributed by atoms with Crippen LogP contribution in [0.5, 0.6) is 11.5 Å². The van der Waals surface area contributed by atoms with E-state index in [1.54, 1.807) is 20.8 Å². The first-order valence-corrected chi connectivity index (χ1v) is 8.91. The summed E-state index contributed by atoms with van der Waals surface area (Å²) in [4.78, 5) is 20.1. The van der Waals surface area contributed by atoms with Gasteiger partial charge >= 0.3 is 6.09 Å². The molecule has 1 aliphatic heterocycles. The van der Waals surface area contributed by atoms with Gasteiger partial charge in [-0.05, 0) is 58.2 Å². The number of ether oxygens (including phenoxy) is 3. The summed E-state index contributed by atoms with van der Waals surface area (Å²) in [5.74, 6) is 6.29. The summed E-state index contributed by atoms with van der Waals surface area (Å²) in [6.45, 7) is 9.79. The van der Waals surface area contributed by atoms with Crippen molar-refractivity contribution in [3.63, 3.8) is 0 Å². The van der Waals surface area contributed by atoms with Gasteiger partial charge < -0.3 is 25.7 Å². The van der Waals surface area contributed by atoms with Crippen molar-refractivity contribution in [1.82, 2.24) is 0 Å². The number of nitrogens with two attached hydrogens (primary N) is 3. The molecule has 0 aromatic heterocycles. The maximum Gasteiger partial charge on any atom is 0.405 e. The van der Waals surface area contributed by atoms with Crippen molar-refractivity contribution in [2.75, 3.05) is 6.79 Å². The number of para-hydroxylation sites is 2. The fourth-order valence-corrected chi connectivity index (χ4v) is 1.58. The third-order valence-corrected chi connectivity index (χ3v) is 2.65. The van der Waals surface area contributed by atoms with Crippen LogP contribution >= 0.6 is 12.9 Å². The third-order valence-electron chi connectivity index (χ3n) is 2.65. The molecule has 0 spiro atoms. The SMILES string of the molecule is CC(C)(C)OC(N)=O.CC(C)CCC(N)=O.NOS.c1ccc2c(c1)OCO2. The zero-order valence-corrected chi connectivity index (χ0v) is 18.0. The van der Waals surface area contributed by atoms with Gasteiger partial charge in [-0.15, -0.1) is 0 Å². The van der Waals surface area contributed by atoms with Crippen molar-refractivity contribution in [3.8, 4) is 11.5 Å².